The Hall–Kier alpha value is -3.26. The van der Waals surface area contributed by atoms with Crippen LogP contribution in [0.25, 0.3) is 6.08 Å². The molecular formula is C40H34MnO2P2Pt. The SMILES string of the molecule is [C-]#[O+].[C-]#[O+].[CH-]=Cc1ccccc1.[Mn+2].[Pt].c1cc[cH-]c1.c1ccc(P(CP(c2ccccc2)c2ccccc2)c2ccccc2)cc1. The summed E-state index contributed by atoms with van der Waals surface area (Å²) in [5.74, 6) is 1.17. The van der Waals surface area contributed by atoms with Gasteiger partial charge in [-0.15, -0.1) is 12.1 Å². The maximum absolute atomic E-state index is 7.50. The quantitative estimate of drug-likeness (QED) is 0.0668. The summed E-state index contributed by atoms with van der Waals surface area (Å²) in [4.78, 5) is 0. The minimum Gasteiger partial charge on any atom is -0.292 e. The van der Waals surface area contributed by atoms with Crippen molar-refractivity contribution in [3.63, 3.8) is 0 Å². The normalized spacial score (nSPS) is 8.91. The van der Waals surface area contributed by atoms with E-state index < -0.39 is 15.8 Å². The summed E-state index contributed by atoms with van der Waals surface area (Å²) < 4.78 is 15.0. The number of rotatable bonds is 7. The molecule has 0 unspecified atom stereocenters. The van der Waals surface area contributed by atoms with Gasteiger partial charge >= 0.3 is 39.7 Å². The van der Waals surface area contributed by atoms with Crippen LogP contribution in [0.2, 0.25) is 0 Å². The Morgan fingerprint density at radius 3 is 0.935 bits per heavy atom. The van der Waals surface area contributed by atoms with Crippen LogP contribution in [0.5, 0.6) is 0 Å². The molecule has 0 saturated heterocycles. The van der Waals surface area contributed by atoms with Crippen molar-refractivity contribution < 1.29 is 47.4 Å². The fourth-order valence-electron chi connectivity index (χ4n) is 4.08. The molecule has 1 radical (unpaired) electrons. The molecule has 6 rings (SSSR count). The Balaban J connectivity index is 0.000000881. The summed E-state index contributed by atoms with van der Waals surface area (Å²) in [7, 11) is -0.817. The Morgan fingerprint density at radius 2 is 0.739 bits per heavy atom. The van der Waals surface area contributed by atoms with Crippen molar-refractivity contribution in [2.75, 3.05) is 5.90 Å². The van der Waals surface area contributed by atoms with Crippen LogP contribution >= 0.6 is 15.8 Å². The molecule has 0 heterocycles. The van der Waals surface area contributed by atoms with Gasteiger partial charge in [-0.05, 0) is 37.1 Å². The van der Waals surface area contributed by atoms with Crippen LogP contribution in [-0.4, -0.2) is 5.90 Å². The maximum atomic E-state index is 7.50. The molecule has 233 valence electrons. The summed E-state index contributed by atoms with van der Waals surface area (Å²) in [5.41, 5.74) is 1.06. The minimum absolute atomic E-state index is 0. The smallest absolute Gasteiger partial charge is 0.292 e. The van der Waals surface area contributed by atoms with Crippen molar-refractivity contribution >= 4 is 43.1 Å². The van der Waals surface area contributed by atoms with Crippen molar-refractivity contribution in [1.82, 2.24) is 0 Å². The molecule has 0 saturated carbocycles. The van der Waals surface area contributed by atoms with Gasteiger partial charge in [0.2, 0.25) is 0 Å². The molecule has 46 heavy (non-hydrogen) atoms. The number of hydrogen-bond donors (Lipinski definition) is 0. The standard InChI is InChI=1S/C25H22P2.C8H7.C5H5.2CO.Mn.Pt/c1-5-13-22(14-6-1)26(23-15-7-2-8-16-23)21-27(24-17-9-3-10-18-24)25-19-11-4-12-20-25;1-2-8-6-4-3-5-7-8;1-2-4-5-3-1;2*1-2;;/h1-20H,21H2;1-7H;1-5H;;;;/q;2*-1;;;+2;. The summed E-state index contributed by atoms with van der Waals surface area (Å²) in [6.45, 7) is 14.2. The van der Waals surface area contributed by atoms with Crippen molar-refractivity contribution in [2.45, 2.75) is 0 Å². The molecule has 0 atom stereocenters. The molecule has 6 aromatic rings. The van der Waals surface area contributed by atoms with Crippen LogP contribution in [0, 0.1) is 19.9 Å². The number of hydrogen-bond acceptors (Lipinski definition) is 0. The van der Waals surface area contributed by atoms with E-state index in [2.05, 4.69) is 135 Å². The summed E-state index contributed by atoms with van der Waals surface area (Å²) in [6.07, 6.45) is 1.58. The molecule has 0 N–H and O–H groups in total. The van der Waals surface area contributed by atoms with Crippen LogP contribution in [-0.2, 0) is 47.4 Å². The molecular weight excluding hydrogens is 824 g/mol. The van der Waals surface area contributed by atoms with Gasteiger partial charge in [0.05, 0.1) is 0 Å². The van der Waals surface area contributed by atoms with Crippen LogP contribution in [0.15, 0.2) is 182 Å². The van der Waals surface area contributed by atoms with Crippen molar-refractivity contribution in [3.8, 4) is 0 Å². The summed E-state index contributed by atoms with van der Waals surface area (Å²) in [6, 6.07) is 63.9. The van der Waals surface area contributed by atoms with E-state index in [1.54, 1.807) is 6.08 Å². The first-order valence-electron chi connectivity index (χ1n) is 13.8. The third-order valence-electron chi connectivity index (χ3n) is 6.10. The van der Waals surface area contributed by atoms with Gasteiger partial charge in [0, 0.05) is 27.0 Å². The van der Waals surface area contributed by atoms with Crippen molar-refractivity contribution in [3.05, 3.63) is 207 Å². The zero-order valence-electron chi connectivity index (χ0n) is 25.1. The fraction of sp³-hybridized carbons (Fsp3) is 0.0250. The second-order valence-corrected chi connectivity index (χ2v) is 13.8. The average molecular weight is 859 g/mol. The van der Waals surface area contributed by atoms with Crippen LogP contribution in [0.4, 0.5) is 0 Å². The van der Waals surface area contributed by atoms with E-state index in [0.29, 0.717) is 0 Å². The average Bonchev–Trinajstić information content (AvgIpc) is 3.74. The van der Waals surface area contributed by atoms with Crippen LogP contribution < -0.4 is 21.2 Å². The third kappa shape index (κ3) is 15.8. The molecule has 6 heteroatoms. The first kappa shape index (κ1) is 42.7. The van der Waals surface area contributed by atoms with Crippen LogP contribution in [0.1, 0.15) is 5.56 Å². The maximum Gasteiger partial charge on any atom is 2.00 e. The Kier molecular flexibility index (Phi) is 26.0. The van der Waals surface area contributed by atoms with E-state index in [1.165, 1.54) is 27.1 Å². The zero-order chi connectivity index (χ0) is 31.7. The van der Waals surface area contributed by atoms with Gasteiger partial charge in [0.25, 0.3) is 0 Å². The predicted molar refractivity (Wildman–Crippen MR) is 188 cm³/mol. The Morgan fingerprint density at radius 1 is 0.478 bits per heavy atom. The Bertz CT molecular complexity index is 1380. The second kappa shape index (κ2) is 28.0. The molecule has 0 aromatic heterocycles. The minimum atomic E-state index is -0.409. The van der Waals surface area contributed by atoms with Gasteiger partial charge in [0.1, 0.15) is 0 Å². The summed E-state index contributed by atoms with van der Waals surface area (Å²) in [5, 5.41) is 5.83. The molecule has 0 aliphatic carbocycles. The van der Waals surface area contributed by atoms with Gasteiger partial charge < -0.3 is 0 Å². The largest absolute Gasteiger partial charge is 2.00 e. The fourth-order valence-corrected chi connectivity index (χ4v) is 10.6. The second-order valence-electron chi connectivity index (χ2n) is 8.88. The molecule has 0 spiro atoms. The topological polar surface area (TPSA) is 39.8 Å². The van der Waals surface area contributed by atoms with E-state index in [0.717, 1.165) is 5.56 Å². The molecule has 0 aliphatic heterocycles. The van der Waals surface area contributed by atoms with Crippen molar-refractivity contribution in [2.24, 2.45) is 0 Å². The van der Waals surface area contributed by atoms with Gasteiger partial charge in [-0.3, -0.25) is 6.58 Å². The van der Waals surface area contributed by atoms with E-state index >= 15 is 0 Å². The molecule has 6 aromatic carbocycles. The third-order valence-corrected chi connectivity index (χ3v) is 12.1. The molecule has 0 amide bonds. The van der Waals surface area contributed by atoms with Gasteiger partial charge in [0.15, 0.2) is 0 Å². The monoisotopic (exact) mass is 858 g/mol. The summed E-state index contributed by atoms with van der Waals surface area (Å²) >= 11 is 0. The first-order chi connectivity index (χ1) is 21.8. The molecule has 2 nitrogen and oxygen atoms in total. The van der Waals surface area contributed by atoms with E-state index in [4.69, 9.17) is 15.9 Å². The van der Waals surface area contributed by atoms with Crippen molar-refractivity contribution in [1.29, 1.82) is 0 Å². The van der Waals surface area contributed by atoms with E-state index in [9.17, 15) is 0 Å². The van der Waals surface area contributed by atoms with Crippen LogP contribution in [0.3, 0.4) is 0 Å². The molecule has 0 bridgehead atoms. The first-order valence-corrected chi connectivity index (χ1v) is 16.8. The van der Waals surface area contributed by atoms with Gasteiger partial charge in [-0.1, -0.05) is 140 Å². The Labute approximate surface area is 302 Å². The van der Waals surface area contributed by atoms with Gasteiger partial charge in [-0.25, -0.2) is 18.2 Å². The zero-order valence-corrected chi connectivity index (χ0v) is 30.3. The predicted octanol–water partition coefficient (Wildman–Crippen LogP) is 8.67. The number of benzene rings is 5. The molecule has 0 aliphatic rings. The van der Waals surface area contributed by atoms with E-state index in [1.807, 2.05) is 60.7 Å². The van der Waals surface area contributed by atoms with E-state index in [-0.39, 0.29) is 38.1 Å². The molecule has 0 fully saturated rings. The van der Waals surface area contributed by atoms with Gasteiger partial charge in [-0.2, -0.15) is 23.8 Å².